The highest BCUT2D eigenvalue weighted by molar-refractivity contribution is 6.25. The lowest BCUT2D eigenvalue weighted by atomic mass is 10.1. The van der Waals surface area contributed by atoms with Crippen molar-refractivity contribution in [2.75, 3.05) is 4.90 Å². The van der Waals surface area contributed by atoms with Gasteiger partial charge in [0.15, 0.2) is 0 Å². The maximum atomic E-state index is 13.5. The Labute approximate surface area is 97.2 Å². The summed E-state index contributed by atoms with van der Waals surface area (Å²) in [5.74, 6) is -1.29. The number of amides is 2. The number of imide groups is 1. The normalized spacial score (nSPS) is 26.4. The van der Waals surface area contributed by atoms with Gasteiger partial charge in [0, 0.05) is 12.1 Å². The van der Waals surface area contributed by atoms with Gasteiger partial charge in [0.25, 0.3) is 0 Å². The van der Waals surface area contributed by atoms with Crippen molar-refractivity contribution in [3.8, 4) is 0 Å². The van der Waals surface area contributed by atoms with Crippen molar-refractivity contribution in [3.63, 3.8) is 0 Å². The first-order valence-electron chi connectivity index (χ1n) is 5.50. The molecule has 17 heavy (non-hydrogen) atoms. The average molecular weight is 234 g/mol. The van der Waals surface area contributed by atoms with Crippen molar-refractivity contribution in [1.29, 1.82) is 0 Å². The minimum atomic E-state index is -0.480. The number of rotatable bonds is 2. The van der Waals surface area contributed by atoms with E-state index in [4.69, 9.17) is 5.73 Å². The predicted octanol–water partition coefficient (Wildman–Crippen LogP) is 0.794. The molecule has 1 aromatic rings. The molecule has 1 heterocycles. The third-order valence-corrected chi connectivity index (χ3v) is 3.40. The van der Waals surface area contributed by atoms with Crippen LogP contribution in [-0.2, 0) is 16.1 Å². The first-order valence-corrected chi connectivity index (χ1v) is 5.50. The van der Waals surface area contributed by atoms with Gasteiger partial charge in [-0.2, -0.15) is 0 Å². The Morgan fingerprint density at radius 3 is 2.53 bits per heavy atom. The zero-order chi connectivity index (χ0) is 12.2. The number of hydrogen-bond donors (Lipinski definition) is 1. The maximum Gasteiger partial charge on any atom is 0.237 e. The van der Waals surface area contributed by atoms with Crippen LogP contribution in [0.5, 0.6) is 0 Å². The van der Waals surface area contributed by atoms with Crippen LogP contribution in [0.15, 0.2) is 18.2 Å². The molecule has 0 bridgehead atoms. The van der Waals surface area contributed by atoms with E-state index in [0.717, 1.165) is 4.90 Å². The molecule has 4 nitrogen and oxygen atoms in total. The second-order valence-corrected chi connectivity index (χ2v) is 4.40. The van der Waals surface area contributed by atoms with Gasteiger partial charge in [0.1, 0.15) is 5.82 Å². The largest absolute Gasteiger partial charge is 0.326 e. The molecular formula is C12H11FN2O2. The monoisotopic (exact) mass is 234 g/mol. The smallest absolute Gasteiger partial charge is 0.237 e. The molecule has 0 aromatic heterocycles. The molecule has 1 aliphatic carbocycles. The molecular weight excluding hydrogens is 223 g/mol. The third kappa shape index (κ3) is 1.32. The van der Waals surface area contributed by atoms with E-state index >= 15 is 0 Å². The SMILES string of the molecule is NCc1c(F)cccc1N1C(=O)C2CC2C1=O. The fourth-order valence-electron chi connectivity index (χ4n) is 2.38. The number of halogens is 1. The lowest BCUT2D eigenvalue weighted by Gasteiger charge is -2.19. The van der Waals surface area contributed by atoms with Gasteiger partial charge < -0.3 is 5.73 Å². The van der Waals surface area contributed by atoms with Crippen LogP contribution in [0.25, 0.3) is 0 Å². The molecule has 1 aliphatic heterocycles. The number of piperidine rings is 1. The number of anilines is 1. The van der Waals surface area contributed by atoms with E-state index in [1.165, 1.54) is 12.1 Å². The van der Waals surface area contributed by atoms with Crippen molar-refractivity contribution in [3.05, 3.63) is 29.6 Å². The van der Waals surface area contributed by atoms with Crippen LogP contribution >= 0.6 is 0 Å². The molecule has 2 fully saturated rings. The van der Waals surface area contributed by atoms with Gasteiger partial charge in [-0.1, -0.05) is 6.07 Å². The highest BCUT2D eigenvalue weighted by atomic mass is 19.1. The molecule has 2 N–H and O–H groups in total. The van der Waals surface area contributed by atoms with Crippen molar-refractivity contribution >= 4 is 17.5 Å². The van der Waals surface area contributed by atoms with Crippen LogP contribution in [0.4, 0.5) is 10.1 Å². The lowest BCUT2D eigenvalue weighted by molar-refractivity contribution is -0.123. The minimum Gasteiger partial charge on any atom is -0.326 e. The fraction of sp³-hybridized carbons (Fsp3) is 0.333. The quantitative estimate of drug-likeness (QED) is 0.769. The topological polar surface area (TPSA) is 63.4 Å². The summed E-state index contributed by atoms with van der Waals surface area (Å²) in [4.78, 5) is 24.8. The maximum absolute atomic E-state index is 13.5. The summed E-state index contributed by atoms with van der Waals surface area (Å²) in [7, 11) is 0. The molecule has 1 saturated heterocycles. The Morgan fingerprint density at radius 2 is 1.94 bits per heavy atom. The predicted molar refractivity (Wildman–Crippen MR) is 58.4 cm³/mol. The van der Waals surface area contributed by atoms with E-state index in [-0.39, 0.29) is 35.8 Å². The van der Waals surface area contributed by atoms with Crippen LogP contribution in [0.1, 0.15) is 12.0 Å². The van der Waals surface area contributed by atoms with E-state index in [1.54, 1.807) is 6.07 Å². The van der Waals surface area contributed by atoms with E-state index in [0.29, 0.717) is 12.1 Å². The molecule has 2 amide bonds. The van der Waals surface area contributed by atoms with Crippen LogP contribution < -0.4 is 10.6 Å². The molecule has 1 aromatic carbocycles. The highest BCUT2D eigenvalue weighted by Gasteiger charge is 2.59. The van der Waals surface area contributed by atoms with Crippen LogP contribution in [0.3, 0.4) is 0 Å². The summed E-state index contributed by atoms with van der Waals surface area (Å²) in [6, 6.07) is 4.32. The molecule has 2 atom stereocenters. The summed E-state index contributed by atoms with van der Waals surface area (Å²) in [5.41, 5.74) is 5.99. The Bertz CT molecular complexity index is 509. The van der Waals surface area contributed by atoms with E-state index in [9.17, 15) is 14.0 Å². The van der Waals surface area contributed by atoms with Crippen molar-refractivity contribution in [1.82, 2.24) is 0 Å². The second-order valence-electron chi connectivity index (χ2n) is 4.40. The van der Waals surface area contributed by atoms with E-state index in [1.807, 2.05) is 0 Å². The Kier molecular flexibility index (Phi) is 2.06. The van der Waals surface area contributed by atoms with Gasteiger partial charge in [-0.25, -0.2) is 9.29 Å². The zero-order valence-corrected chi connectivity index (χ0v) is 9.02. The lowest BCUT2D eigenvalue weighted by Crippen LogP contribution is -2.34. The number of nitrogens with two attached hydrogens (primary N) is 1. The Morgan fingerprint density at radius 1 is 1.29 bits per heavy atom. The summed E-state index contributed by atoms with van der Waals surface area (Å²) >= 11 is 0. The highest BCUT2D eigenvalue weighted by Crippen LogP contribution is 2.48. The first-order chi connectivity index (χ1) is 8.15. The number of nitrogens with zero attached hydrogens (tertiary/aromatic N) is 1. The van der Waals surface area contributed by atoms with Crippen LogP contribution in [-0.4, -0.2) is 11.8 Å². The number of carbonyl (C=O) groups is 2. The molecule has 0 radical (unpaired) electrons. The third-order valence-electron chi connectivity index (χ3n) is 3.40. The molecule has 2 unspecified atom stereocenters. The van der Waals surface area contributed by atoms with Crippen molar-refractivity contribution in [2.45, 2.75) is 13.0 Å². The van der Waals surface area contributed by atoms with Gasteiger partial charge in [0.05, 0.1) is 17.5 Å². The first kappa shape index (κ1) is 10.4. The standard InChI is InChI=1S/C12H11FN2O2/c13-9-2-1-3-10(8(9)5-14)15-11(16)6-4-7(6)12(15)17/h1-3,6-7H,4-5,14H2. The minimum absolute atomic E-state index is 0.0333. The van der Waals surface area contributed by atoms with Crippen molar-refractivity contribution in [2.24, 2.45) is 17.6 Å². The van der Waals surface area contributed by atoms with Crippen LogP contribution in [0, 0.1) is 17.7 Å². The average Bonchev–Trinajstić information content (AvgIpc) is 3.04. The number of fused-ring (bicyclic) bond motifs is 1. The summed E-state index contributed by atoms with van der Waals surface area (Å²) in [6.45, 7) is -0.0333. The molecule has 88 valence electrons. The number of hydrogen-bond acceptors (Lipinski definition) is 3. The fourth-order valence-corrected chi connectivity index (χ4v) is 2.38. The summed E-state index contributed by atoms with van der Waals surface area (Å²) in [5, 5.41) is 0. The molecule has 3 rings (SSSR count). The molecule has 0 spiro atoms. The number of carbonyl (C=O) groups excluding carboxylic acids is 2. The van der Waals surface area contributed by atoms with Crippen molar-refractivity contribution < 1.29 is 14.0 Å². The summed E-state index contributed by atoms with van der Waals surface area (Å²) in [6.07, 6.45) is 0.640. The van der Waals surface area contributed by atoms with Gasteiger partial charge in [0.2, 0.25) is 11.8 Å². The van der Waals surface area contributed by atoms with Gasteiger partial charge in [-0.3, -0.25) is 9.59 Å². The second kappa shape index (κ2) is 3.37. The Hall–Kier alpha value is -1.75. The van der Waals surface area contributed by atoms with Gasteiger partial charge >= 0.3 is 0 Å². The van der Waals surface area contributed by atoms with Gasteiger partial charge in [-0.15, -0.1) is 0 Å². The van der Waals surface area contributed by atoms with E-state index in [2.05, 4.69) is 0 Å². The Balaban J connectivity index is 2.08. The zero-order valence-electron chi connectivity index (χ0n) is 9.02. The van der Waals surface area contributed by atoms with E-state index < -0.39 is 5.82 Å². The molecule has 2 aliphatic rings. The number of benzene rings is 1. The van der Waals surface area contributed by atoms with Gasteiger partial charge in [-0.05, 0) is 18.6 Å². The van der Waals surface area contributed by atoms with Crippen LogP contribution in [0.2, 0.25) is 0 Å². The molecule has 5 heteroatoms. The molecule has 1 saturated carbocycles. The summed E-state index contributed by atoms with van der Waals surface area (Å²) < 4.78 is 13.5.